The van der Waals surface area contributed by atoms with E-state index in [9.17, 15) is 0 Å². The number of rotatable bonds is 0. The topological polar surface area (TPSA) is 189 Å². The van der Waals surface area contributed by atoms with Crippen LogP contribution in [0.15, 0.2) is 0 Å². The Bertz CT molecular complexity index is 8.49. The summed E-state index contributed by atoms with van der Waals surface area (Å²) >= 11 is 0. The van der Waals surface area contributed by atoms with Crippen LogP contribution in [0.3, 0.4) is 0 Å². The van der Waals surface area contributed by atoms with Crippen molar-refractivity contribution in [2.24, 2.45) is 0 Å². The minimum atomic E-state index is 0. The van der Waals surface area contributed by atoms with Crippen LogP contribution in [0.25, 0.3) is 0 Å². The minimum Gasteiger partial charge on any atom is -0.412 e. The second-order valence-corrected chi connectivity index (χ2v) is 0. The predicted molar refractivity (Wildman–Crippen MR) is 28.9 cm³/mol. The Hall–Kier alpha value is 1.32. The van der Waals surface area contributed by atoms with Crippen LogP contribution in [0.4, 0.5) is 0 Å². The molecule has 0 rings (SSSR count). The van der Waals surface area contributed by atoms with Gasteiger partial charge in [0.1, 0.15) is 0 Å². The molecule has 0 heterocycles. The molecule has 0 saturated carbocycles. The van der Waals surface area contributed by atoms with Gasteiger partial charge in [-0.15, -0.1) is 12.4 Å². The molecule has 6 nitrogen and oxygen atoms in total. The van der Waals surface area contributed by atoms with Crippen LogP contribution in [0, 0.1) is 38.2 Å². The molecular formula is H13ClDyO6. The van der Waals surface area contributed by atoms with E-state index in [4.69, 9.17) is 0 Å². The molecule has 0 aromatic carbocycles. The summed E-state index contributed by atoms with van der Waals surface area (Å²) in [6, 6.07) is 0. The SMILES string of the molecule is Cl.O.O.O.O.O.O.[Dy]. The van der Waals surface area contributed by atoms with Crippen molar-refractivity contribution in [3.63, 3.8) is 0 Å². The van der Waals surface area contributed by atoms with Crippen molar-refractivity contribution in [1.29, 1.82) is 0 Å². The molecule has 0 aliphatic carbocycles. The first-order valence-electron chi connectivity index (χ1n) is 0. The molecule has 0 aromatic rings. The standard InChI is InChI=1S/ClH.Dy.6H2O/h1H;;6*1H2. The number of hydrogen-bond donors (Lipinski definition) is 0. The molecule has 0 aliphatic heterocycles. The average Bonchev–Trinajstić information content (AvgIpc) is 0. The molecule has 0 aromatic heterocycles. The Labute approximate surface area is 82.9 Å². The fourth-order valence-electron chi connectivity index (χ4n) is 0. The fraction of sp³-hybridized carbons (Fsp3) is 0. The van der Waals surface area contributed by atoms with E-state index in [2.05, 4.69) is 0 Å². The molecule has 0 fully saturated rings. The molecule has 8 heteroatoms. The first-order chi connectivity index (χ1) is 0. The second kappa shape index (κ2) is 255. The zero-order valence-electron chi connectivity index (χ0n) is 3.72. The van der Waals surface area contributed by atoms with E-state index in [0.717, 1.165) is 0 Å². The maximum absolute atomic E-state index is 0. The van der Waals surface area contributed by atoms with E-state index >= 15 is 0 Å². The summed E-state index contributed by atoms with van der Waals surface area (Å²) in [6.07, 6.45) is 0. The van der Waals surface area contributed by atoms with Crippen LogP contribution < -0.4 is 0 Å². The molecule has 0 radical (unpaired) electrons. The Balaban J connectivity index is 0. The van der Waals surface area contributed by atoms with Crippen LogP contribution >= 0.6 is 12.4 Å². The summed E-state index contributed by atoms with van der Waals surface area (Å²) in [5.74, 6) is 0. The molecule has 0 bridgehead atoms. The van der Waals surface area contributed by atoms with Gasteiger partial charge in [0, 0.05) is 38.2 Å². The summed E-state index contributed by atoms with van der Waals surface area (Å²) in [5.41, 5.74) is 0. The molecule has 0 atom stereocenters. The summed E-state index contributed by atoms with van der Waals surface area (Å²) in [7, 11) is 0. The quantitative estimate of drug-likeness (QED) is 0.417. The van der Waals surface area contributed by atoms with Crippen LogP contribution in [0.1, 0.15) is 0 Å². The van der Waals surface area contributed by atoms with E-state index in [-0.39, 0.29) is 83.4 Å². The Morgan fingerprint density at radius 3 is 0.375 bits per heavy atom. The second-order valence-electron chi connectivity index (χ2n) is 0. The van der Waals surface area contributed by atoms with Crippen molar-refractivity contribution in [3.8, 4) is 0 Å². The van der Waals surface area contributed by atoms with Gasteiger partial charge in [-0.25, -0.2) is 0 Å². The predicted octanol–water partition coefficient (Wildman–Crippen LogP) is -4.53. The normalized spacial score (nSPS) is 0. The van der Waals surface area contributed by atoms with Crippen LogP contribution in [0.2, 0.25) is 0 Å². The summed E-state index contributed by atoms with van der Waals surface area (Å²) in [4.78, 5) is 0. The van der Waals surface area contributed by atoms with Gasteiger partial charge >= 0.3 is 0 Å². The molecule has 66 valence electrons. The third kappa shape index (κ3) is 167. The third-order valence-electron chi connectivity index (χ3n) is 0. The molecule has 0 aliphatic rings. The van der Waals surface area contributed by atoms with Crippen molar-refractivity contribution in [3.05, 3.63) is 0 Å². The van der Waals surface area contributed by atoms with Gasteiger partial charge in [0.2, 0.25) is 0 Å². The van der Waals surface area contributed by atoms with Crippen molar-refractivity contribution in [2.75, 3.05) is 0 Å². The largest absolute Gasteiger partial charge is 0.412 e. The molecular weight excluding hydrogens is 294 g/mol. The van der Waals surface area contributed by atoms with Gasteiger partial charge in [-0.1, -0.05) is 0 Å². The number of hydrogen-bond acceptors (Lipinski definition) is 0. The van der Waals surface area contributed by atoms with Crippen LogP contribution in [0.5, 0.6) is 0 Å². The van der Waals surface area contributed by atoms with Crippen LogP contribution in [-0.2, 0) is 0 Å². The van der Waals surface area contributed by atoms with Gasteiger partial charge in [0.15, 0.2) is 0 Å². The number of halogens is 1. The van der Waals surface area contributed by atoms with Gasteiger partial charge < -0.3 is 32.9 Å². The van der Waals surface area contributed by atoms with E-state index in [0.29, 0.717) is 0 Å². The smallest absolute Gasteiger partial charge is 0 e. The average molecular weight is 307 g/mol. The van der Waals surface area contributed by atoms with E-state index in [1.807, 2.05) is 0 Å². The van der Waals surface area contributed by atoms with Gasteiger partial charge in [-0.05, 0) is 0 Å². The van der Waals surface area contributed by atoms with Gasteiger partial charge in [0.25, 0.3) is 0 Å². The Morgan fingerprint density at radius 2 is 0.375 bits per heavy atom. The molecule has 0 spiro atoms. The molecule has 0 amide bonds. The summed E-state index contributed by atoms with van der Waals surface area (Å²) in [5, 5.41) is 0. The molecule has 8 heavy (non-hydrogen) atoms. The van der Waals surface area contributed by atoms with E-state index in [1.54, 1.807) is 0 Å². The molecule has 0 unspecified atom stereocenters. The van der Waals surface area contributed by atoms with E-state index in [1.165, 1.54) is 0 Å². The zero-order valence-corrected chi connectivity index (χ0v) is 6.57. The van der Waals surface area contributed by atoms with Crippen molar-refractivity contribution < 1.29 is 71.0 Å². The fourth-order valence-corrected chi connectivity index (χ4v) is 0. The zero-order chi connectivity index (χ0) is 0. The minimum absolute atomic E-state index is 0. The third-order valence-corrected chi connectivity index (χ3v) is 0. The van der Waals surface area contributed by atoms with Crippen molar-refractivity contribution in [1.82, 2.24) is 0 Å². The monoisotopic (exact) mass is 308 g/mol. The molecule has 12 N–H and O–H groups in total. The van der Waals surface area contributed by atoms with Gasteiger partial charge in [-0.2, -0.15) is 0 Å². The summed E-state index contributed by atoms with van der Waals surface area (Å²) < 4.78 is 0. The van der Waals surface area contributed by atoms with E-state index < -0.39 is 0 Å². The van der Waals surface area contributed by atoms with Crippen molar-refractivity contribution >= 4 is 12.4 Å². The molecule has 0 saturated heterocycles. The van der Waals surface area contributed by atoms with Crippen LogP contribution in [-0.4, -0.2) is 32.9 Å². The maximum Gasteiger partial charge on any atom is 0 e. The summed E-state index contributed by atoms with van der Waals surface area (Å²) in [6.45, 7) is 0. The van der Waals surface area contributed by atoms with Crippen molar-refractivity contribution in [2.45, 2.75) is 0 Å². The Kier molecular flexibility index (Phi) is 11800. The Morgan fingerprint density at radius 1 is 0.375 bits per heavy atom. The maximum atomic E-state index is 0. The first-order valence-corrected chi connectivity index (χ1v) is 0. The van der Waals surface area contributed by atoms with Gasteiger partial charge in [0.05, 0.1) is 0 Å². The van der Waals surface area contributed by atoms with Gasteiger partial charge in [-0.3, -0.25) is 0 Å². The first kappa shape index (κ1) is 369.